The maximum absolute atomic E-state index is 12.7. The Labute approximate surface area is 148 Å². The van der Waals surface area contributed by atoms with Crippen molar-refractivity contribution in [2.24, 2.45) is 0 Å². The number of fused-ring (bicyclic) bond motifs is 1. The van der Waals surface area contributed by atoms with Gasteiger partial charge in [-0.05, 0) is 55.6 Å². The van der Waals surface area contributed by atoms with Gasteiger partial charge in [-0.3, -0.25) is 4.90 Å². The first-order chi connectivity index (χ1) is 12.3. The second-order valence-corrected chi connectivity index (χ2v) is 6.90. The number of nitrogens with zero attached hydrogens (tertiary/aromatic N) is 2. The second-order valence-electron chi connectivity index (χ2n) is 6.90. The molecule has 1 unspecified atom stereocenters. The van der Waals surface area contributed by atoms with Crippen molar-refractivity contribution < 1.29 is 9.21 Å². The van der Waals surface area contributed by atoms with Crippen LogP contribution in [0.3, 0.4) is 0 Å². The van der Waals surface area contributed by atoms with E-state index in [0.717, 1.165) is 31.8 Å². The summed E-state index contributed by atoms with van der Waals surface area (Å²) in [4.78, 5) is 17.0. The van der Waals surface area contributed by atoms with Crippen LogP contribution in [0.5, 0.6) is 0 Å². The van der Waals surface area contributed by atoms with E-state index in [2.05, 4.69) is 28.4 Å². The number of carbonyl (C=O) groups is 1. The number of urea groups is 1. The highest BCUT2D eigenvalue weighted by molar-refractivity contribution is 5.74. The van der Waals surface area contributed by atoms with Crippen molar-refractivity contribution in [3.05, 3.63) is 59.5 Å². The average molecular weight is 339 g/mol. The van der Waals surface area contributed by atoms with Gasteiger partial charge < -0.3 is 14.6 Å². The Morgan fingerprint density at radius 1 is 1.08 bits per heavy atom. The monoisotopic (exact) mass is 339 g/mol. The maximum atomic E-state index is 12.7. The van der Waals surface area contributed by atoms with Gasteiger partial charge in [0.15, 0.2) is 0 Å². The molecule has 1 saturated heterocycles. The van der Waals surface area contributed by atoms with Gasteiger partial charge in [0.2, 0.25) is 0 Å². The zero-order valence-electron chi connectivity index (χ0n) is 14.5. The van der Waals surface area contributed by atoms with E-state index >= 15 is 0 Å². The molecule has 1 atom stereocenters. The molecule has 2 aromatic rings. The molecule has 1 fully saturated rings. The van der Waals surface area contributed by atoms with Gasteiger partial charge in [-0.25, -0.2) is 4.79 Å². The standard InChI is InChI=1S/C20H25N3O2/c24-20(23-12-9-16-6-1-2-7-17(16)15-23)21-14-18(19-8-5-13-25-19)22-10-3-4-11-22/h1-2,5-8,13,18H,3-4,9-12,14-15H2,(H,21,24). The summed E-state index contributed by atoms with van der Waals surface area (Å²) in [7, 11) is 0. The fourth-order valence-corrected chi connectivity index (χ4v) is 3.91. The summed E-state index contributed by atoms with van der Waals surface area (Å²) in [6.45, 7) is 4.19. The van der Waals surface area contributed by atoms with Gasteiger partial charge in [0.1, 0.15) is 5.76 Å². The van der Waals surface area contributed by atoms with E-state index in [1.165, 1.54) is 24.0 Å². The lowest BCUT2D eigenvalue weighted by molar-refractivity contribution is 0.177. The highest BCUT2D eigenvalue weighted by Gasteiger charge is 2.27. The minimum Gasteiger partial charge on any atom is -0.468 e. The fourth-order valence-electron chi connectivity index (χ4n) is 3.91. The molecule has 3 heterocycles. The van der Waals surface area contributed by atoms with Gasteiger partial charge >= 0.3 is 6.03 Å². The van der Waals surface area contributed by atoms with E-state index in [1.54, 1.807) is 6.26 Å². The summed E-state index contributed by atoms with van der Waals surface area (Å²) in [5.41, 5.74) is 2.61. The molecule has 2 aliphatic heterocycles. The molecule has 1 N–H and O–H groups in total. The summed E-state index contributed by atoms with van der Waals surface area (Å²) in [6.07, 6.45) is 5.07. The smallest absolute Gasteiger partial charge is 0.317 e. The third-order valence-electron chi connectivity index (χ3n) is 5.32. The van der Waals surface area contributed by atoms with Crippen LogP contribution in [0.25, 0.3) is 0 Å². The van der Waals surface area contributed by atoms with E-state index in [1.807, 2.05) is 23.1 Å². The number of hydrogen-bond acceptors (Lipinski definition) is 3. The molecule has 0 bridgehead atoms. The van der Waals surface area contributed by atoms with Gasteiger partial charge in [0.25, 0.3) is 0 Å². The van der Waals surface area contributed by atoms with Gasteiger partial charge in [-0.15, -0.1) is 0 Å². The van der Waals surface area contributed by atoms with Crippen LogP contribution in [0.15, 0.2) is 47.1 Å². The normalized spacial score (nSPS) is 18.8. The lowest BCUT2D eigenvalue weighted by Gasteiger charge is -2.31. The number of amides is 2. The van der Waals surface area contributed by atoms with E-state index in [9.17, 15) is 4.79 Å². The SMILES string of the molecule is O=C(NCC(c1ccco1)N1CCCC1)N1CCc2ccccc2C1. The summed E-state index contributed by atoms with van der Waals surface area (Å²) in [5.74, 6) is 0.936. The predicted octanol–water partition coefficient (Wildman–Crippen LogP) is 3.18. The quantitative estimate of drug-likeness (QED) is 0.931. The molecule has 2 amide bonds. The Balaban J connectivity index is 1.38. The van der Waals surface area contributed by atoms with Crippen molar-refractivity contribution in [2.75, 3.05) is 26.2 Å². The van der Waals surface area contributed by atoms with Crippen LogP contribution in [0.1, 0.15) is 35.8 Å². The molecule has 0 aliphatic carbocycles. The molecule has 132 valence electrons. The van der Waals surface area contributed by atoms with E-state index in [0.29, 0.717) is 13.1 Å². The van der Waals surface area contributed by atoms with Gasteiger partial charge in [-0.1, -0.05) is 24.3 Å². The fraction of sp³-hybridized carbons (Fsp3) is 0.450. The molecule has 5 nitrogen and oxygen atoms in total. The molecule has 0 radical (unpaired) electrons. The Morgan fingerprint density at radius 3 is 2.64 bits per heavy atom. The summed E-state index contributed by atoms with van der Waals surface area (Å²) >= 11 is 0. The maximum Gasteiger partial charge on any atom is 0.317 e. The number of nitrogens with one attached hydrogen (secondary N) is 1. The van der Waals surface area contributed by atoms with Gasteiger partial charge in [-0.2, -0.15) is 0 Å². The minimum atomic E-state index is 0.0188. The van der Waals surface area contributed by atoms with Crippen LogP contribution < -0.4 is 5.32 Å². The van der Waals surface area contributed by atoms with E-state index in [4.69, 9.17) is 4.42 Å². The number of furan rings is 1. The van der Waals surface area contributed by atoms with Crippen LogP contribution in [-0.2, 0) is 13.0 Å². The Morgan fingerprint density at radius 2 is 1.88 bits per heavy atom. The van der Waals surface area contributed by atoms with Gasteiger partial charge in [0, 0.05) is 19.6 Å². The van der Waals surface area contributed by atoms with Crippen LogP contribution in [0, 0.1) is 0 Å². The third-order valence-corrected chi connectivity index (χ3v) is 5.32. The zero-order chi connectivity index (χ0) is 17.1. The Bertz CT molecular complexity index is 707. The molecule has 1 aromatic carbocycles. The third kappa shape index (κ3) is 3.56. The molecular weight excluding hydrogens is 314 g/mol. The number of carbonyl (C=O) groups excluding carboxylic acids is 1. The van der Waals surface area contributed by atoms with Crippen molar-refractivity contribution >= 4 is 6.03 Å². The van der Waals surface area contributed by atoms with Crippen molar-refractivity contribution in [3.8, 4) is 0 Å². The topological polar surface area (TPSA) is 48.7 Å². The lowest BCUT2D eigenvalue weighted by Crippen LogP contribution is -2.45. The molecule has 2 aliphatic rings. The molecule has 0 spiro atoms. The highest BCUT2D eigenvalue weighted by atomic mass is 16.3. The molecule has 4 rings (SSSR count). The number of rotatable bonds is 4. The van der Waals surface area contributed by atoms with Crippen molar-refractivity contribution in [1.82, 2.24) is 15.1 Å². The van der Waals surface area contributed by atoms with Crippen LogP contribution >= 0.6 is 0 Å². The number of hydrogen-bond donors (Lipinski definition) is 1. The molecule has 25 heavy (non-hydrogen) atoms. The molecule has 5 heteroatoms. The van der Waals surface area contributed by atoms with Crippen molar-refractivity contribution in [2.45, 2.75) is 31.8 Å². The lowest BCUT2D eigenvalue weighted by atomic mass is 10.0. The highest BCUT2D eigenvalue weighted by Crippen LogP contribution is 2.25. The molecular formula is C20H25N3O2. The average Bonchev–Trinajstić information content (AvgIpc) is 3.36. The first kappa shape index (κ1) is 16.2. The summed E-state index contributed by atoms with van der Waals surface area (Å²) in [6, 6.07) is 12.5. The predicted molar refractivity (Wildman–Crippen MR) is 96.2 cm³/mol. The first-order valence-electron chi connectivity index (χ1n) is 9.18. The molecule has 1 aromatic heterocycles. The molecule has 0 saturated carbocycles. The number of likely N-dealkylation sites (tertiary alicyclic amines) is 1. The number of benzene rings is 1. The zero-order valence-corrected chi connectivity index (χ0v) is 14.5. The van der Waals surface area contributed by atoms with Crippen molar-refractivity contribution in [1.29, 1.82) is 0 Å². The van der Waals surface area contributed by atoms with Crippen LogP contribution in [-0.4, -0.2) is 42.0 Å². The van der Waals surface area contributed by atoms with Gasteiger partial charge in [0.05, 0.1) is 12.3 Å². The first-order valence-corrected chi connectivity index (χ1v) is 9.18. The summed E-state index contributed by atoms with van der Waals surface area (Å²) in [5, 5.41) is 3.13. The van der Waals surface area contributed by atoms with Crippen molar-refractivity contribution in [3.63, 3.8) is 0 Å². The Hall–Kier alpha value is -2.27. The Kier molecular flexibility index (Phi) is 4.74. The second kappa shape index (κ2) is 7.31. The van der Waals surface area contributed by atoms with E-state index < -0.39 is 0 Å². The van der Waals surface area contributed by atoms with E-state index in [-0.39, 0.29) is 12.1 Å². The largest absolute Gasteiger partial charge is 0.468 e. The van der Waals surface area contributed by atoms with Crippen LogP contribution in [0.4, 0.5) is 4.79 Å². The minimum absolute atomic E-state index is 0.0188. The van der Waals surface area contributed by atoms with Crippen LogP contribution in [0.2, 0.25) is 0 Å². The summed E-state index contributed by atoms with van der Waals surface area (Å²) < 4.78 is 5.63.